The Morgan fingerprint density at radius 3 is 1.95 bits per heavy atom. The molecule has 0 aliphatic carbocycles. The van der Waals surface area contributed by atoms with Gasteiger partial charge in [0.05, 0.1) is 24.2 Å². The van der Waals surface area contributed by atoms with E-state index < -0.39 is 131 Å². The predicted octanol–water partition coefficient (Wildman–Crippen LogP) is 8.03. The van der Waals surface area contributed by atoms with E-state index in [1.807, 2.05) is 0 Å². The zero-order valence-corrected chi connectivity index (χ0v) is 49.5. The highest BCUT2D eigenvalue weighted by atomic mass is 35.5. The number of carbonyl (C=O) groups excluding carboxylic acids is 5. The van der Waals surface area contributed by atoms with Gasteiger partial charge in [-0.1, -0.05) is 115 Å². The van der Waals surface area contributed by atoms with Crippen molar-refractivity contribution in [2.45, 2.75) is 212 Å². The Kier molecular flexibility index (Phi) is 27.2. The largest absolute Gasteiger partial charge is 0.481 e. The fourth-order valence-corrected chi connectivity index (χ4v) is 12.6. The summed E-state index contributed by atoms with van der Waals surface area (Å²) in [6.07, 6.45) is -0.426. The van der Waals surface area contributed by atoms with Crippen LogP contribution in [0.4, 0.5) is 10.2 Å². The number of rotatable bonds is 34. The number of unbranched alkanes of at least 4 members (excludes halogenated alkanes) is 14. The molecule has 81 heavy (non-hydrogen) atoms. The average molecular weight is 1230 g/mol. The molecular formula is C51H75ClFN5O20P2S. The highest BCUT2D eigenvalue weighted by molar-refractivity contribution is 8.08. The monoisotopic (exact) mass is 1230 g/mol. The van der Waals surface area contributed by atoms with Gasteiger partial charge >= 0.3 is 44.4 Å². The van der Waals surface area contributed by atoms with Crippen LogP contribution in [-0.2, 0) is 86.9 Å². The van der Waals surface area contributed by atoms with E-state index in [2.05, 4.69) is 27.3 Å². The molecule has 13 atom stereocenters. The van der Waals surface area contributed by atoms with E-state index in [-0.39, 0.29) is 28.6 Å². The number of anilines is 1. The number of esters is 5. The number of aliphatic hydroxyl groups is 2. The molecule has 2 aliphatic heterocycles. The Morgan fingerprint density at radius 1 is 0.802 bits per heavy atom. The summed E-state index contributed by atoms with van der Waals surface area (Å²) in [5.74, 6) is -5.20. The van der Waals surface area contributed by atoms with Crippen molar-refractivity contribution >= 4 is 84.6 Å². The number of nitrogens with zero attached hydrogens (tertiary/aromatic N) is 4. The number of carbonyl (C=O) groups is 5. The van der Waals surface area contributed by atoms with Crippen LogP contribution >= 0.6 is 26.1 Å². The van der Waals surface area contributed by atoms with Crippen LogP contribution in [-0.4, -0.2) is 138 Å². The molecule has 0 spiro atoms. The fourth-order valence-electron chi connectivity index (χ4n) is 9.33. The number of phosphoric acid groups is 1. The molecule has 5 rings (SSSR count). The number of phosphoric ester groups is 1. The van der Waals surface area contributed by atoms with Crippen molar-refractivity contribution in [3.05, 3.63) is 47.1 Å². The fraction of sp³-hybridized carbons (Fsp3) is 0.686. The molecule has 2 aromatic heterocycles. The maximum Gasteiger partial charge on any atom is 0.481 e. The normalized spacial score (nSPS) is 24.1. The highest BCUT2D eigenvalue weighted by Crippen LogP contribution is 2.62. The van der Waals surface area contributed by atoms with Gasteiger partial charge in [0.2, 0.25) is 11.6 Å². The first-order valence-corrected chi connectivity index (χ1v) is 31.5. The third-order valence-electron chi connectivity index (χ3n) is 13.1. The molecule has 30 heteroatoms. The molecule has 0 radical (unpaired) electrons. The van der Waals surface area contributed by atoms with Crippen LogP contribution in [0.1, 0.15) is 162 Å². The minimum Gasteiger partial charge on any atom is -0.462 e. The van der Waals surface area contributed by atoms with E-state index >= 15 is 0 Å². The second-order valence-corrected chi connectivity index (χ2v) is 24.5. The van der Waals surface area contributed by atoms with E-state index in [1.54, 1.807) is 19.1 Å². The van der Waals surface area contributed by atoms with Crippen LogP contribution < -0.4 is 5.32 Å². The number of hydrogen-bond acceptors (Lipinski definition) is 23. The second-order valence-electron chi connectivity index (χ2n) is 19.7. The predicted molar refractivity (Wildman–Crippen MR) is 291 cm³/mol. The van der Waals surface area contributed by atoms with E-state index in [4.69, 9.17) is 69.9 Å². The van der Waals surface area contributed by atoms with Crippen molar-refractivity contribution in [1.29, 1.82) is 0 Å². The molecule has 5 N–H and O–H groups in total. The van der Waals surface area contributed by atoms with Crippen molar-refractivity contribution in [3.63, 3.8) is 0 Å². The first-order valence-electron chi connectivity index (χ1n) is 27.0. The number of aromatic nitrogens is 4. The van der Waals surface area contributed by atoms with Crippen LogP contribution in [0.25, 0.3) is 11.0 Å². The third kappa shape index (κ3) is 21.4. The smallest absolute Gasteiger partial charge is 0.462 e. The van der Waals surface area contributed by atoms with Crippen LogP contribution in [0.3, 0.4) is 0 Å². The lowest BCUT2D eigenvalue weighted by Gasteiger charge is -2.45. The van der Waals surface area contributed by atoms with E-state index in [9.17, 15) is 52.9 Å². The van der Waals surface area contributed by atoms with Gasteiger partial charge in [0.25, 0.3) is 0 Å². The van der Waals surface area contributed by atoms with Crippen molar-refractivity contribution in [2.75, 3.05) is 18.5 Å². The zero-order valence-electron chi connectivity index (χ0n) is 46.1. The number of fused-ring (bicyclic) bond motifs is 1. The number of benzene rings is 1. The summed E-state index contributed by atoms with van der Waals surface area (Å²) in [5, 5.41) is 29.5. The van der Waals surface area contributed by atoms with E-state index in [1.165, 1.54) is 76.1 Å². The summed E-state index contributed by atoms with van der Waals surface area (Å²) >= 11 is 11.3. The minimum atomic E-state index is -5.84. The van der Waals surface area contributed by atoms with Gasteiger partial charge in [-0.15, -0.1) is 0 Å². The Labute approximate surface area is 479 Å². The van der Waals surface area contributed by atoms with Gasteiger partial charge in [0, 0.05) is 39.7 Å². The Hall–Kier alpha value is -4.34. The first kappa shape index (κ1) is 67.5. The molecular weight excluding hydrogens is 1150 g/mol. The zero-order chi connectivity index (χ0) is 59.4. The van der Waals surface area contributed by atoms with Gasteiger partial charge in [-0.25, -0.2) is 17.9 Å². The lowest BCUT2D eigenvalue weighted by Crippen LogP contribution is -2.65. The van der Waals surface area contributed by atoms with Crippen LogP contribution in [0.2, 0.25) is 5.28 Å². The Bertz CT molecular complexity index is 2660. The van der Waals surface area contributed by atoms with Crippen LogP contribution in [0.5, 0.6) is 0 Å². The summed E-state index contributed by atoms with van der Waals surface area (Å²) in [6.45, 7) is 1.01. The molecule has 454 valence electrons. The average Bonchev–Trinajstić information content (AvgIpc) is 3.94. The summed E-state index contributed by atoms with van der Waals surface area (Å²) in [7, 11) is -5.84. The Morgan fingerprint density at radius 2 is 1.37 bits per heavy atom. The highest BCUT2D eigenvalue weighted by Gasteiger charge is 2.57. The molecule has 3 aromatic rings. The molecule has 2 fully saturated rings. The second kappa shape index (κ2) is 32.6. The minimum absolute atomic E-state index is 0.00476. The molecule has 2 aliphatic rings. The van der Waals surface area contributed by atoms with E-state index in [0.717, 1.165) is 64.5 Å². The van der Waals surface area contributed by atoms with Gasteiger partial charge in [-0.05, 0) is 42.8 Å². The SMILES string of the molecule is CCCCCCCCCCCCCCCCCC(=O)OC[C@@H](OC(C)=O)[C@H]1O[C@@H](OP(=O)(O)OP(O)(=S)OC[C@H]2O[C@@H](n3ncc4c(NC(C)c5ccccc5F)nc(Cl)nc43)[C@H](O)[C@@H]2O)[C@@H](OC(C)=O)[C@@H](OC(C)=O)[C@@H]1OC(C)=O. The topological polar surface area (TPSA) is 331 Å². The van der Waals surface area contributed by atoms with Gasteiger partial charge in [-0.3, -0.25) is 28.5 Å². The summed E-state index contributed by atoms with van der Waals surface area (Å²) in [5.41, 5.74) is 0.321. The lowest BCUT2D eigenvalue weighted by molar-refractivity contribution is -0.301. The lowest BCUT2D eigenvalue weighted by atomic mass is 9.94. The quantitative estimate of drug-likeness (QED) is 0.0124. The van der Waals surface area contributed by atoms with Gasteiger partial charge in [-0.2, -0.15) is 15.1 Å². The van der Waals surface area contributed by atoms with Crippen molar-refractivity contribution in [2.24, 2.45) is 0 Å². The Balaban J connectivity index is 1.23. The molecule has 3 unspecified atom stereocenters. The molecule has 2 saturated heterocycles. The molecule has 0 saturated carbocycles. The summed E-state index contributed by atoms with van der Waals surface area (Å²) < 4.78 is 83.9. The molecule has 25 nitrogen and oxygen atoms in total. The molecule has 0 bridgehead atoms. The number of hydrogen-bond donors (Lipinski definition) is 5. The summed E-state index contributed by atoms with van der Waals surface area (Å²) in [4.78, 5) is 93.9. The maximum atomic E-state index is 14.6. The van der Waals surface area contributed by atoms with Crippen LogP contribution in [0, 0.1) is 5.82 Å². The van der Waals surface area contributed by atoms with Gasteiger partial charge in [0.1, 0.15) is 42.7 Å². The van der Waals surface area contributed by atoms with Gasteiger partial charge in [0.15, 0.2) is 36.3 Å². The third-order valence-corrected chi connectivity index (χ3v) is 16.8. The van der Waals surface area contributed by atoms with Crippen molar-refractivity contribution in [1.82, 2.24) is 19.7 Å². The van der Waals surface area contributed by atoms with Gasteiger partial charge < -0.3 is 63.0 Å². The van der Waals surface area contributed by atoms with Crippen molar-refractivity contribution < 1.29 is 99.4 Å². The number of halogens is 2. The molecule has 0 amide bonds. The maximum absolute atomic E-state index is 14.6. The number of nitrogens with one attached hydrogen (secondary N) is 1. The first-order chi connectivity index (χ1) is 38.4. The number of aliphatic hydroxyl groups excluding tert-OH is 2. The molecule has 1 aromatic carbocycles. The van der Waals surface area contributed by atoms with Crippen LogP contribution in [0.15, 0.2) is 30.5 Å². The van der Waals surface area contributed by atoms with E-state index in [0.29, 0.717) is 12.0 Å². The van der Waals surface area contributed by atoms with Crippen molar-refractivity contribution in [3.8, 4) is 0 Å². The standard InChI is InChI=1S/C51H75ClFN5O20P2S/c1-7-8-9-10-11-12-13-14-15-16-17-18-19-20-21-26-40(63)69-28-39(71-31(3)59)43-44(72-32(4)60)45(73-33(5)61)46(74-34(6)62)50(76-43)77-79(66,67)78-80(68,81)70-29-38-41(64)42(65)49(75-38)58-48-36(27-54-58)47(56-51(52)57-48)55-30(2)35-24-22-23-25-37(35)53/h22-25,27,30,38-39,41-46,49-50,64-65H,7-21,26,28-29H2,1-6H3,(H,66,67)(H,68,81)(H,55,56,57)/t30?,38-,39-,41-,42-,43-,44-,45+,46+,49-,50+,80?/m1/s1. The number of ether oxygens (including phenoxy) is 7. The molecule has 4 heterocycles. The summed E-state index contributed by atoms with van der Waals surface area (Å²) in [6, 6.07) is 5.44.